The molecular weight excluding hydrogens is 256 g/mol. The van der Waals surface area contributed by atoms with Crippen LogP contribution in [0.25, 0.3) is 0 Å². The van der Waals surface area contributed by atoms with Crippen LogP contribution >= 0.6 is 11.6 Å². The Morgan fingerprint density at radius 1 is 1.44 bits per heavy atom. The molecule has 0 unspecified atom stereocenters. The Labute approximate surface area is 109 Å². The SMILES string of the molecule is C=C(C)CNC(=O)Nc1cc(Cl)ccc1C(=O)O. The minimum atomic E-state index is -1.14. The van der Waals surface area contributed by atoms with E-state index in [9.17, 15) is 9.59 Å². The third-order valence-electron chi connectivity index (χ3n) is 2.01. The lowest BCUT2D eigenvalue weighted by Crippen LogP contribution is -2.30. The molecule has 0 heterocycles. The van der Waals surface area contributed by atoms with E-state index >= 15 is 0 Å². The number of hydrogen-bond acceptors (Lipinski definition) is 2. The van der Waals surface area contributed by atoms with Crippen molar-refractivity contribution in [3.8, 4) is 0 Å². The highest BCUT2D eigenvalue weighted by atomic mass is 35.5. The van der Waals surface area contributed by atoms with Gasteiger partial charge < -0.3 is 15.7 Å². The van der Waals surface area contributed by atoms with Gasteiger partial charge in [0.25, 0.3) is 0 Å². The van der Waals surface area contributed by atoms with Gasteiger partial charge in [0.1, 0.15) is 0 Å². The maximum absolute atomic E-state index is 11.5. The maximum Gasteiger partial charge on any atom is 0.337 e. The highest BCUT2D eigenvalue weighted by Gasteiger charge is 2.12. The number of hydrogen-bond donors (Lipinski definition) is 3. The van der Waals surface area contributed by atoms with Crippen LogP contribution in [-0.2, 0) is 0 Å². The molecule has 6 heteroatoms. The molecule has 2 amide bonds. The van der Waals surface area contributed by atoms with Crippen molar-refractivity contribution < 1.29 is 14.7 Å². The highest BCUT2D eigenvalue weighted by molar-refractivity contribution is 6.31. The summed E-state index contributed by atoms with van der Waals surface area (Å²) in [4.78, 5) is 22.5. The van der Waals surface area contributed by atoms with Crippen LogP contribution in [0.5, 0.6) is 0 Å². The van der Waals surface area contributed by atoms with Crippen LogP contribution in [0.15, 0.2) is 30.4 Å². The number of benzene rings is 1. The summed E-state index contributed by atoms with van der Waals surface area (Å²) in [5.74, 6) is -1.14. The number of carbonyl (C=O) groups is 2. The van der Waals surface area contributed by atoms with E-state index in [1.54, 1.807) is 6.92 Å². The number of aromatic carboxylic acids is 1. The van der Waals surface area contributed by atoms with E-state index in [1.165, 1.54) is 18.2 Å². The highest BCUT2D eigenvalue weighted by Crippen LogP contribution is 2.21. The third kappa shape index (κ3) is 4.10. The zero-order chi connectivity index (χ0) is 13.7. The first-order valence-electron chi connectivity index (χ1n) is 5.12. The number of rotatable bonds is 4. The van der Waals surface area contributed by atoms with Gasteiger partial charge in [-0.25, -0.2) is 9.59 Å². The fourth-order valence-electron chi connectivity index (χ4n) is 1.20. The number of anilines is 1. The molecule has 1 aromatic rings. The van der Waals surface area contributed by atoms with Gasteiger partial charge in [-0.1, -0.05) is 23.8 Å². The Morgan fingerprint density at radius 2 is 2.11 bits per heavy atom. The minimum absolute atomic E-state index is 0.0233. The summed E-state index contributed by atoms with van der Waals surface area (Å²) in [5.41, 5.74) is 0.911. The average Bonchev–Trinajstić information content (AvgIpc) is 2.26. The van der Waals surface area contributed by atoms with E-state index in [0.717, 1.165) is 5.57 Å². The third-order valence-corrected chi connectivity index (χ3v) is 2.25. The fourth-order valence-corrected chi connectivity index (χ4v) is 1.38. The molecule has 0 saturated carbocycles. The minimum Gasteiger partial charge on any atom is -0.478 e. The molecule has 0 aliphatic carbocycles. The lowest BCUT2D eigenvalue weighted by Gasteiger charge is -2.10. The van der Waals surface area contributed by atoms with Crippen molar-refractivity contribution in [1.82, 2.24) is 5.32 Å². The van der Waals surface area contributed by atoms with Gasteiger partial charge in [0.2, 0.25) is 0 Å². The Kier molecular flexibility index (Phi) is 4.74. The van der Waals surface area contributed by atoms with Gasteiger partial charge in [0, 0.05) is 11.6 Å². The van der Waals surface area contributed by atoms with Gasteiger partial charge in [0.05, 0.1) is 11.3 Å². The molecule has 0 saturated heterocycles. The first-order chi connectivity index (χ1) is 8.40. The largest absolute Gasteiger partial charge is 0.478 e. The van der Waals surface area contributed by atoms with Crippen LogP contribution in [0.2, 0.25) is 5.02 Å². The quantitative estimate of drug-likeness (QED) is 0.735. The van der Waals surface area contributed by atoms with Crippen molar-refractivity contribution >= 4 is 29.3 Å². The number of carbonyl (C=O) groups excluding carboxylic acids is 1. The molecule has 0 bridgehead atoms. The number of carboxylic acids is 1. The zero-order valence-electron chi connectivity index (χ0n) is 9.79. The summed E-state index contributed by atoms with van der Waals surface area (Å²) < 4.78 is 0. The summed E-state index contributed by atoms with van der Waals surface area (Å²) in [6.07, 6.45) is 0. The first-order valence-corrected chi connectivity index (χ1v) is 5.50. The number of nitrogens with one attached hydrogen (secondary N) is 2. The van der Waals surface area contributed by atoms with Crippen LogP contribution in [0.4, 0.5) is 10.5 Å². The molecule has 0 atom stereocenters. The average molecular weight is 269 g/mol. The standard InChI is InChI=1S/C12H13ClN2O3/c1-7(2)6-14-12(18)15-10-5-8(13)3-4-9(10)11(16)17/h3-5H,1,6H2,2H3,(H,16,17)(H2,14,15,18). The van der Waals surface area contributed by atoms with Crippen LogP contribution < -0.4 is 10.6 Å². The van der Waals surface area contributed by atoms with E-state index in [1.807, 2.05) is 0 Å². The van der Waals surface area contributed by atoms with Crippen molar-refractivity contribution in [1.29, 1.82) is 0 Å². The summed E-state index contributed by atoms with van der Waals surface area (Å²) in [5, 5.41) is 14.3. The molecular formula is C12H13ClN2O3. The van der Waals surface area contributed by atoms with Crippen LogP contribution in [0, 0.1) is 0 Å². The Balaban J connectivity index is 2.82. The van der Waals surface area contributed by atoms with Crippen LogP contribution in [0.3, 0.4) is 0 Å². The Hall–Kier alpha value is -2.01. The van der Waals surface area contributed by atoms with E-state index in [4.69, 9.17) is 16.7 Å². The molecule has 18 heavy (non-hydrogen) atoms. The van der Waals surface area contributed by atoms with Gasteiger partial charge in [-0.2, -0.15) is 0 Å². The lowest BCUT2D eigenvalue weighted by molar-refractivity contribution is 0.0698. The van der Waals surface area contributed by atoms with Crippen molar-refractivity contribution in [2.45, 2.75) is 6.92 Å². The molecule has 0 aliphatic heterocycles. The Bertz CT molecular complexity index is 500. The topological polar surface area (TPSA) is 78.4 Å². The van der Waals surface area contributed by atoms with Crippen LogP contribution in [0.1, 0.15) is 17.3 Å². The predicted molar refractivity (Wildman–Crippen MR) is 70.2 cm³/mol. The smallest absolute Gasteiger partial charge is 0.337 e. The second-order valence-electron chi connectivity index (χ2n) is 3.76. The van der Waals surface area contributed by atoms with Crippen molar-refractivity contribution in [3.63, 3.8) is 0 Å². The summed E-state index contributed by atoms with van der Waals surface area (Å²) in [6, 6.07) is 3.65. The lowest BCUT2D eigenvalue weighted by atomic mass is 10.2. The normalized spacial score (nSPS) is 9.67. The number of urea groups is 1. The molecule has 0 aliphatic rings. The van der Waals surface area contributed by atoms with Gasteiger partial charge in [-0.3, -0.25) is 0 Å². The van der Waals surface area contributed by atoms with Crippen molar-refractivity contribution in [2.24, 2.45) is 0 Å². The van der Waals surface area contributed by atoms with Crippen molar-refractivity contribution in [3.05, 3.63) is 40.9 Å². The number of amides is 2. The monoisotopic (exact) mass is 268 g/mol. The fraction of sp³-hybridized carbons (Fsp3) is 0.167. The number of carboxylic acid groups (broad SMARTS) is 1. The van der Waals surface area contributed by atoms with E-state index in [-0.39, 0.29) is 11.3 Å². The van der Waals surface area contributed by atoms with Gasteiger partial charge in [-0.05, 0) is 25.1 Å². The van der Waals surface area contributed by atoms with Gasteiger partial charge in [0.15, 0.2) is 0 Å². The molecule has 0 radical (unpaired) electrons. The first kappa shape index (κ1) is 14.1. The predicted octanol–water partition coefficient (Wildman–Crippen LogP) is 2.74. The van der Waals surface area contributed by atoms with E-state index in [2.05, 4.69) is 17.2 Å². The molecule has 96 valence electrons. The Morgan fingerprint density at radius 3 is 2.67 bits per heavy atom. The second-order valence-corrected chi connectivity index (χ2v) is 4.20. The van der Waals surface area contributed by atoms with Crippen molar-refractivity contribution in [2.75, 3.05) is 11.9 Å². The van der Waals surface area contributed by atoms with Gasteiger partial charge in [-0.15, -0.1) is 0 Å². The van der Waals surface area contributed by atoms with E-state index < -0.39 is 12.0 Å². The molecule has 1 aromatic carbocycles. The van der Waals surface area contributed by atoms with E-state index in [0.29, 0.717) is 11.6 Å². The molecule has 0 aromatic heterocycles. The van der Waals surface area contributed by atoms with Crippen LogP contribution in [-0.4, -0.2) is 23.7 Å². The molecule has 0 fully saturated rings. The maximum atomic E-state index is 11.5. The van der Waals surface area contributed by atoms with Gasteiger partial charge >= 0.3 is 12.0 Å². The molecule has 1 rings (SSSR count). The number of halogens is 1. The summed E-state index contributed by atoms with van der Waals surface area (Å²) >= 11 is 5.75. The summed E-state index contributed by atoms with van der Waals surface area (Å²) in [6.45, 7) is 5.72. The molecule has 3 N–H and O–H groups in total. The second kappa shape index (κ2) is 6.07. The summed E-state index contributed by atoms with van der Waals surface area (Å²) in [7, 11) is 0. The molecule has 0 spiro atoms. The zero-order valence-corrected chi connectivity index (χ0v) is 10.5. The molecule has 5 nitrogen and oxygen atoms in total.